The number of halogens is 1. The average Bonchev–Trinajstić information content (AvgIpc) is 3.38. The zero-order valence-corrected chi connectivity index (χ0v) is 21.0. The minimum atomic E-state index is -5.95. The summed E-state index contributed by atoms with van der Waals surface area (Å²) < 4.78 is 60.8. The van der Waals surface area contributed by atoms with Crippen LogP contribution in [0.3, 0.4) is 0 Å². The van der Waals surface area contributed by atoms with Crippen LogP contribution in [-0.4, -0.2) is 107 Å². The topological polar surface area (TPSA) is 317 Å². The molecular weight excluding hydrogens is 583 g/mol. The van der Waals surface area contributed by atoms with Crippen LogP contribution in [0.15, 0.2) is 11.1 Å². The molecule has 8 N–H and O–H groups in total. The number of H-pyrrole nitrogens is 1. The summed E-state index contributed by atoms with van der Waals surface area (Å²) in [4.78, 5) is 46.0. The maximum Gasteiger partial charge on any atom is 0.280 e. The number of phosphoric acid groups is 2. The molecule has 20 nitrogen and oxygen atoms in total. The molecule has 2 fully saturated rings. The Labute approximate surface area is 215 Å². The molecule has 0 amide bonds. The normalized spacial score (nSPS) is 36.6. The van der Waals surface area contributed by atoms with Gasteiger partial charge in [0.15, 0.2) is 23.7 Å². The first kappa shape index (κ1) is 30.0. The standard InChI is InChI=1S/C16H24FN5O15P2/c17-1-4-7(23)9(25)11(27)15(35-4)36-39(31,32)37-38(29,30)33-2-5-8(24)10(26)14(34-5)22-3-19-6-12(22)20-16(18)21-13(6)28/h3-5,7-11,14-15,23-27H,1-2H2,(H,29,30)(H,31,32)(H3,18,20,21,28)/p-2/t4?,5-,7-,8?,9?,10?,11?,14-,15-/m1/s1. The van der Waals surface area contributed by atoms with Crippen LogP contribution in [0, 0.1) is 0 Å². The molecule has 2 saturated heterocycles. The second-order valence-corrected chi connectivity index (χ2v) is 11.3. The average molecular weight is 605 g/mol. The maximum absolute atomic E-state index is 12.9. The number of rotatable bonds is 9. The first-order chi connectivity index (χ1) is 18.1. The molecule has 0 aromatic carbocycles. The Morgan fingerprint density at radius 2 is 1.72 bits per heavy atom. The van der Waals surface area contributed by atoms with Crippen molar-refractivity contribution < 1.29 is 71.7 Å². The summed E-state index contributed by atoms with van der Waals surface area (Å²) in [5, 5.41) is 49.7. The van der Waals surface area contributed by atoms with Gasteiger partial charge in [-0.25, -0.2) is 13.7 Å². The Morgan fingerprint density at radius 1 is 1.05 bits per heavy atom. The lowest BCUT2D eigenvalue weighted by Gasteiger charge is -2.41. The van der Waals surface area contributed by atoms with Crippen molar-refractivity contribution in [3.05, 3.63) is 16.7 Å². The predicted octanol–water partition coefficient (Wildman–Crippen LogP) is -4.92. The maximum atomic E-state index is 12.9. The Kier molecular flexibility index (Phi) is 8.58. The number of nitrogen functional groups attached to an aromatic ring is 1. The molecule has 0 bridgehead atoms. The van der Waals surface area contributed by atoms with Crippen molar-refractivity contribution in [3.8, 4) is 0 Å². The number of aliphatic hydroxyl groups excluding tert-OH is 5. The van der Waals surface area contributed by atoms with E-state index in [9.17, 15) is 53.6 Å². The fraction of sp³-hybridized carbons (Fsp3) is 0.688. The Bertz CT molecular complexity index is 1340. The number of aromatic amines is 1. The van der Waals surface area contributed by atoms with Gasteiger partial charge in [0.1, 0.15) is 49.4 Å². The van der Waals surface area contributed by atoms with Gasteiger partial charge in [-0.3, -0.25) is 28.0 Å². The number of imidazole rings is 1. The zero-order chi connectivity index (χ0) is 28.9. The number of ether oxygens (including phenoxy) is 2. The summed E-state index contributed by atoms with van der Waals surface area (Å²) >= 11 is 0. The highest BCUT2D eigenvalue weighted by atomic mass is 31.3. The van der Waals surface area contributed by atoms with E-state index < -0.39 is 89.7 Å². The van der Waals surface area contributed by atoms with Crippen LogP contribution in [-0.2, 0) is 32.0 Å². The Hall–Kier alpha value is -1.94. The quantitative estimate of drug-likeness (QED) is 0.132. The van der Waals surface area contributed by atoms with Crippen molar-refractivity contribution in [2.24, 2.45) is 0 Å². The van der Waals surface area contributed by atoms with Crippen LogP contribution in [0.1, 0.15) is 6.23 Å². The van der Waals surface area contributed by atoms with E-state index in [1.54, 1.807) is 0 Å². The molecule has 2 aliphatic heterocycles. The minimum absolute atomic E-state index is 0.143. The smallest absolute Gasteiger partial charge is 0.280 e. The van der Waals surface area contributed by atoms with Crippen LogP contribution in [0.5, 0.6) is 0 Å². The number of alkyl halides is 1. The molecule has 0 saturated carbocycles. The number of fused-ring (bicyclic) bond motifs is 1. The fourth-order valence-corrected chi connectivity index (χ4v) is 5.89. The third kappa shape index (κ3) is 6.21. The van der Waals surface area contributed by atoms with E-state index in [1.165, 1.54) is 0 Å². The van der Waals surface area contributed by atoms with Gasteiger partial charge >= 0.3 is 0 Å². The van der Waals surface area contributed by atoms with E-state index in [2.05, 4.69) is 33.0 Å². The van der Waals surface area contributed by atoms with E-state index in [-0.39, 0.29) is 17.1 Å². The van der Waals surface area contributed by atoms with E-state index in [1.807, 2.05) is 0 Å². The molecule has 2 aliphatic rings. The molecule has 4 heterocycles. The monoisotopic (exact) mass is 605 g/mol. The third-order valence-electron chi connectivity index (χ3n) is 5.71. The molecule has 2 aromatic rings. The van der Waals surface area contributed by atoms with Gasteiger partial charge in [0.25, 0.3) is 21.2 Å². The molecule has 0 spiro atoms. The van der Waals surface area contributed by atoms with Crippen LogP contribution >= 0.6 is 15.6 Å². The first-order valence-corrected chi connectivity index (χ1v) is 13.7. The predicted molar refractivity (Wildman–Crippen MR) is 114 cm³/mol. The number of anilines is 1. The summed E-state index contributed by atoms with van der Waals surface area (Å²) in [5.74, 6) is -0.298. The number of nitrogens with one attached hydrogen (secondary N) is 1. The molecule has 4 rings (SSSR count). The van der Waals surface area contributed by atoms with Gasteiger partial charge in [-0.2, -0.15) is 4.98 Å². The van der Waals surface area contributed by atoms with Crippen molar-refractivity contribution >= 4 is 32.8 Å². The highest BCUT2D eigenvalue weighted by molar-refractivity contribution is 7.59. The lowest BCUT2D eigenvalue weighted by atomic mass is 10.00. The number of nitrogens with two attached hydrogens (primary N) is 1. The van der Waals surface area contributed by atoms with Gasteiger partial charge in [0.05, 0.1) is 12.9 Å². The van der Waals surface area contributed by atoms with E-state index in [0.717, 1.165) is 10.9 Å². The largest absolute Gasteiger partial charge is 0.756 e. The third-order valence-corrected chi connectivity index (χ3v) is 8.24. The van der Waals surface area contributed by atoms with Crippen molar-refractivity contribution in [2.45, 2.75) is 55.2 Å². The number of hydrogen-bond acceptors (Lipinski definition) is 18. The van der Waals surface area contributed by atoms with Crippen LogP contribution in [0.2, 0.25) is 0 Å². The summed E-state index contributed by atoms with van der Waals surface area (Å²) in [6.07, 6.45) is -16.1. The van der Waals surface area contributed by atoms with Gasteiger partial charge in [0.2, 0.25) is 5.95 Å². The lowest BCUT2D eigenvalue weighted by Crippen LogP contribution is -2.58. The minimum Gasteiger partial charge on any atom is -0.756 e. The number of phosphoric ester groups is 2. The summed E-state index contributed by atoms with van der Waals surface area (Å²) in [6, 6.07) is 0. The van der Waals surface area contributed by atoms with Gasteiger partial charge in [-0.15, -0.1) is 0 Å². The van der Waals surface area contributed by atoms with E-state index in [0.29, 0.717) is 0 Å². The summed E-state index contributed by atoms with van der Waals surface area (Å²) in [6.45, 7) is -2.53. The highest BCUT2D eigenvalue weighted by Crippen LogP contribution is 2.57. The van der Waals surface area contributed by atoms with Gasteiger partial charge < -0.3 is 55.1 Å². The molecule has 23 heteroatoms. The van der Waals surface area contributed by atoms with Gasteiger partial charge in [-0.05, 0) is 0 Å². The van der Waals surface area contributed by atoms with Crippen molar-refractivity contribution in [2.75, 3.05) is 19.0 Å². The Morgan fingerprint density at radius 3 is 2.38 bits per heavy atom. The highest BCUT2D eigenvalue weighted by Gasteiger charge is 2.47. The van der Waals surface area contributed by atoms with Crippen LogP contribution < -0.4 is 21.1 Å². The molecular formula is C16H22FN5O15P2-2. The van der Waals surface area contributed by atoms with Crippen LogP contribution in [0.25, 0.3) is 11.2 Å². The molecule has 0 aliphatic carbocycles. The SMILES string of the molecule is Nc1nc2c(ncn2[C@@H]2O[C@H](COP(=O)([O-])OP(=O)([O-])O[C@H]3OC(CF)[C@@H](O)C(O)C3O)C(O)C2O)c(=O)[nH]1. The molecule has 7 unspecified atom stereocenters. The molecule has 2 aromatic heterocycles. The molecule has 0 radical (unpaired) electrons. The lowest BCUT2D eigenvalue weighted by molar-refractivity contribution is -0.303. The van der Waals surface area contributed by atoms with Crippen molar-refractivity contribution in [1.29, 1.82) is 0 Å². The summed E-state index contributed by atoms with van der Waals surface area (Å²) in [7, 11) is -11.8. The van der Waals surface area contributed by atoms with Crippen molar-refractivity contribution in [3.63, 3.8) is 0 Å². The van der Waals surface area contributed by atoms with Crippen LogP contribution in [0.4, 0.5) is 10.3 Å². The number of aromatic nitrogens is 4. The fourth-order valence-electron chi connectivity index (χ4n) is 3.81. The molecule has 220 valence electrons. The molecule has 11 atom stereocenters. The van der Waals surface area contributed by atoms with Gasteiger partial charge in [0, 0.05) is 0 Å². The van der Waals surface area contributed by atoms with E-state index >= 15 is 0 Å². The number of hydrogen-bond donors (Lipinski definition) is 7. The van der Waals surface area contributed by atoms with E-state index in [4.69, 9.17) is 10.5 Å². The zero-order valence-electron chi connectivity index (χ0n) is 19.2. The summed E-state index contributed by atoms with van der Waals surface area (Å²) in [5.41, 5.74) is 4.45. The molecule has 39 heavy (non-hydrogen) atoms. The number of aliphatic hydroxyl groups is 5. The van der Waals surface area contributed by atoms with Gasteiger partial charge in [-0.1, -0.05) is 0 Å². The first-order valence-electron chi connectivity index (χ1n) is 10.8. The van der Waals surface area contributed by atoms with Crippen molar-refractivity contribution in [1.82, 2.24) is 19.5 Å². The second kappa shape index (κ2) is 11.1. The second-order valence-electron chi connectivity index (χ2n) is 8.37. The number of nitrogens with zero attached hydrogens (tertiary/aromatic N) is 3. The Balaban J connectivity index is 1.39.